The molecule has 0 amide bonds. The Morgan fingerprint density at radius 3 is 2.68 bits per heavy atom. The van der Waals surface area contributed by atoms with Gasteiger partial charge >= 0.3 is 5.63 Å². The highest BCUT2D eigenvalue weighted by atomic mass is 35.5. The highest BCUT2D eigenvalue weighted by Gasteiger charge is 2.07. The number of rotatable bonds is 2. The van der Waals surface area contributed by atoms with E-state index in [4.69, 9.17) is 16.0 Å². The molecule has 0 aliphatic rings. The minimum absolute atomic E-state index is 0.0452. The monoisotopic (exact) mass is 313 g/mol. The molecule has 3 aromatic rings. The van der Waals surface area contributed by atoms with E-state index in [2.05, 4.69) is 4.98 Å². The molecule has 0 aliphatic heterocycles. The molecule has 110 valence electrons. The van der Waals surface area contributed by atoms with Crippen LogP contribution in [0.2, 0.25) is 5.02 Å². The number of halogens is 1. The Hall–Kier alpha value is -2.59. The maximum absolute atomic E-state index is 12.0. The van der Waals surface area contributed by atoms with Gasteiger partial charge in [-0.1, -0.05) is 17.7 Å². The maximum Gasteiger partial charge on any atom is 0.362 e. The average molecular weight is 314 g/mol. The fourth-order valence-electron chi connectivity index (χ4n) is 2.05. The number of aliphatic hydroxyl groups excluding tert-OH is 1. The molecule has 1 heterocycles. The molecule has 22 heavy (non-hydrogen) atoms. The predicted molar refractivity (Wildman–Crippen MR) is 87.0 cm³/mol. The van der Waals surface area contributed by atoms with Crippen molar-refractivity contribution in [3.63, 3.8) is 0 Å². The lowest BCUT2D eigenvalue weighted by Crippen LogP contribution is -2.06. The van der Waals surface area contributed by atoms with Gasteiger partial charge in [0.2, 0.25) is 0 Å². The first-order valence-corrected chi connectivity index (χ1v) is 6.99. The van der Waals surface area contributed by atoms with Crippen LogP contribution >= 0.6 is 11.6 Å². The van der Waals surface area contributed by atoms with E-state index < -0.39 is 5.63 Å². The molecule has 0 spiro atoms. The molecule has 0 saturated carbocycles. The standard InChI is InChI=1S/C17H12ClNO3/c1-10-2-7-13-16(8-10)22-17(21)14(19-13)9-15(20)11-3-5-12(18)6-4-11/h2-9,20H,1H3/b15-9-. The lowest BCUT2D eigenvalue weighted by Gasteiger charge is -2.02. The summed E-state index contributed by atoms with van der Waals surface area (Å²) in [6, 6.07) is 12.0. The third-order valence-corrected chi connectivity index (χ3v) is 3.43. The van der Waals surface area contributed by atoms with Crippen LogP contribution in [0.25, 0.3) is 22.9 Å². The SMILES string of the molecule is Cc1ccc2nc(/C=C(\O)c3ccc(Cl)cc3)c(=O)oc2c1. The quantitative estimate of drug-likeness (QED) is 0.720. The van der Waals surface area contributed by atoms with Crippen LogP contribution in [0.4, 0.5) is 0 Å². The van der Waals surface area contributed by atoms with Crippen LogP contribution < -0.4 is 5.63 Å². The van der Waals surface area contributed by atoms with Crippen LogP contribution in [0, 0.1) is 6.92 Å². The first kappa shape index (κ1) is 14.4. The Kier molecular flexibility index (Phi) is 3.69. The molecule has 0 radical (unpaired) electrons. The van der Waals surface area contributed by atoms with E-state index in [-0.39, 0.29) is 11.5 Å². The number of aromatic nitrogens is 1. The van der Waals surface area contributed by atoms with Gasteiger partial charge in [0.15, 0.2) is 11.3 Å². The molecule has 4 nitrogen and oxygen atoms in total. The minimum Gasteiger partial charge on any atom is -0.507 e. The minimum atomic E-state index is -0.599. The summed E-state index contributed by atoms with van der Waals surface area (Å²) in [7, 11) is 0. The molecule has 2 aromatic carbocycles. The highest BCUT2D eigenvalue weighted by molar-refractivity contribution is 6.30. The molecule has 1 N–H and O–H groups in total. The summed E-state index contributed by atoms with van der Waals surface area (Å²) in [5.74, 6) is -0.0806. The zero-order valence-electron chi connectivity index (χ0n) is 11.7. The maximum atomic E-state index is 12.0. The topological polar surface area (TPSA) is 63.3 Å². The summed E-state index contributed by atoms with van der Waals surface area (Å²) in [5.41, 5.74) is 1.94. The molecular weight excluding hydrogens is 302 g/mol. The Balaban J connectivity index is 2.07. The van der Waals surface area contributed by atoms with Gasteiger partial charge in [-0.05, 0) is 48.9 Å². The third-order valence-electron chi connectivity index (χ3n) is 3.18. The second kappa shape index (κ2) is 5.66. The van der Waals surface area contributed by atoms with Gasteiger partial charge < -0.3 is 9.52 Å². The Bertz CT molecular complexity index is 927. The van der Waals surface area contributed by atoms with Gasteiger partial charge in [0.25, 0.3) is 0 Å². The summed E-state index contributed by atoms with van der Waals surface area (Å²) in [4.78, 5) is 16.2. The molecular formula is C17H12ClNO3. The molecule has 5 heteroatoms. The van der Waals surface area contributed by atoms with Crippen molar-refractivity contribution in [3.05, 3.63) is 74.7 Å². The number of aliphatic hydroxyl groups is 1. The Morgan fingerprint density at radius 1 is 1.23 bits per heavy atom. The van der Waals surface area contributed by atoms with Crippen molar-refractivity contribution in [2.24, 2.45) is 0 Å². The van der Waals surface area contributed by atoms with Gasteiger partial charge in [0.1, 0.15) is 11.3 Å². The van der Waals surface area contributed by atoms with Gasteiger partial charge in [0.05, 0.1) is 0 Å². The van der Waals surface area contributed by atoms with Gasteiger partial charge in [-0.15, -0.1) is 0 Å². The zero-order valence-corrected chi connectivity index (χ0v) is 12.5. The van der Waals surface area contributed by atoms with Crippen LogP contribution in [0.5, 0.6) is 0 Å². The van der Waals surface area contributed by atoms with Gasteiger partial charge in [-0.25, -0.2) is 9.78 Å². The molecule has 0 bridgehead atoms. The van der Waals surface area contributed by atoms with Crippen LogP contribution in [-0.2, 0) is 0 Å². The number of aryl methyl sites for hydroxylation is 1. The Labute approximate surface area is 131 Å². The summed E-state index contributed by atoms with van der Waals surface area (Å²) in [5, 5.41) is 10.7. The number of hydrogen-bond acceptors (Lipinski definition) is 4. The van der Waals surface area contributed by atoms with E-state index in [0.717, 1.165) is 5.56 Å². The number of nitrogens with zero attached hydrogens (tertiary/aromatic N) is 1. The van der Waals surface area contributed by atoms with Gasteiger partial charge in [-0.3, -0.25) is 0 Å². The zero-order chi connectivity index (χ0) is 15.7. The van der Waals surface area contributed by atoms with Gasteiger partial charge in [0, 0.05) is 16.7 Å². The van der Waals surface area contributed by atoms with E-state index in [1.54, 1.807) is 36.4 Å². The van der Waals surface area contributed by atoms with E-state index in [0.29, 0.717) is 21.7 Å². The molecule has 0 atom stereocenters. The van der Waals surface area contributed by atoms with Gasteiger partial charge in [-0.2, -0.15) is 0 Å². The fraction of sp³-hybridized carbons (Fsp3) is 0.0588. The van der Waals surface area contributed by atoms with Crippen molar-refractivity contribution in [1.29, 1.82) is 0 Å². The van der Waals surface area contributed by atoms with E-state index in [9.17, 15) is 9.90 Å². The fourth-order valence-corrected chi connectivity index (χ4v) is 2.17. The lowest BCUT2D eigenvalue weighted by molar-refractivity contribution is 0.514. The number of benzene rings is 2. The smallest absolute Gasteiger partial charge is 0.362 e. The van der Waals surface area contributed by atoms with Crippen molar-refractivity contribution < 1.29 is 9.52 Å². The van der Waals surface area contributed by atoms with Crippen LogP contribution in [0.15, 0.2) is 51.7 Å². The van der Waals surface area contributed by atoms with Crippen molar-refractivity contribution in [3.8, 4) is 0 Å². The van der Waals surface area contributed by atoms with Crippen molar-refractivity contribution >= 4 is 34.5 Å². The van der Waals surface area contributed by atoms with Crippen LogP contribution in [-0.4, -0.2) is 10.1 Å². The van der Waals surface area contributed by atoms with Crippen LogP contribution in [0.3, 0.4) is 0 Å². The number of hydrogen-bond donors (Lipinski definition) is 1. The number of fused-ring (bicyclic) bond motifs is 1. The summed E-state index contributed by atoms with van der Waals surface area (Å²) >= 11 is 5.80. The molecule has 0 unspecified atom stereocenters. The largest absolute Gasteiger partial charge is 0.507 e. The average Bonchev–Trinajstić information content (AvgIpc) is 2.49. The molecule has 0 fully saturated rings. The highest BCUT2D eigenvalue weighted by Crippen LogP contribution is 2.18. The summed E-state index contributed by atoms with van der Waals surface area (Å²) in [6.07, 6.45) is 1.29. The van der Waals surface area contributed by atoms with Crippen molar-refractivity contribution in [2.75, 3.05) is 0 Å². The van der Waals surface area contributed by atoms with E-state index in [1.807, 2.05) is 13.0 Å². The van der Waals surface area contributed by atoms with Crippen molar-refractivity contribution in [2.45, 2.75) is 6.92 Å². The predicted octanol–water partition coefficient (Wildman–Crippen LogP) is 4.21. The second-order valence-electron chi connectivity index (χ2n) is 4.89. The first-order valence-electron chi connectivity index (χ1n) is 6.61. The second-order valence-corrected chi connectivity index (χ2v) is 5.33. The molecule has 3 rings (SSSR count). The van der Waals surface area contributed by atoms with E-state index in [1.165, 1.54) is 6.08 Å². The Morgan fingerprint density at radius 2 is 1.95 bits per heavy atom. The van der Waals surface area contributed by atoms with E-state index >= 15 is 0 Å². The normalized spacial score (nSPS) is 11.8. The first-order chi connectivity index (χ1) is 10.5. The molecule has 0 aliphatic carbocycles. The van der Waals surface area contributed by atoms with Crippen molar-refractivity contribution in [1.82, 2.24) is 4.98 Å². The summed E-state index contributed by atoms with van der Waals surface area (Å²) in [6.45, 7) is 1.90. The lowest BCUT2D eigenvalue weighted by atomic mass is 10.1. The molecule has 0 saturated heterocycles. The third kappa shape index (κ3) is 2.87. The van der Waals surface area contributed by atoms with Crippen LogP contribution in [0.1, 0.15) is 16.8 Å². The molecule has 1 aromatic heterocycles. The summed E-state index contributed by atoms with van der Waals surface area (Å²) < 4.78 is 5.23.